The molecule has 0 saturated heterocycles. The zero-order valence-electron chi connectivity index (χ0n) is 14.3. The molecular formula is C20H20ClN3OS. The Labute approximate surface area is 161 Å². The highest BCUT2D eigenvalue weighted by molar-refractivity contribution is 7.14. The van der Waals surface area contributed by atoms with Crippen LogP contribution < -0.4 is 10.6 Å². The fourth-order valence-corrected chi connectivity index (χ4v) is 4.93. The quantitative estimate of drug-likeness (QED) is 0.621. The maximum Gasteiger partial charge on any atom is 0.319 e. The van der Waals surface area contributed by atoms with Gasteiger partial charge in [0.2, 0.25) is 0 Å². The molecule has 0 aliphatic heterocycles. The number of aryl methyl sites for hydroxylation is 1. The second-order valence-corrected chi connectivity index (χ2v) is 7.86. The van der Waals surface area contributed by atoms with Gasteiger partial charge in [-0.25, -0.2) is 4.79 Å². The van der Waals surface area contributed by atoms with Crippen LogP contribution in [-0.4, -0.2) is 10.6 Å². The predicted molar refractivity (Wildman–Crippen MR) is 108 cm³/mol. The molecule has 3 aromatic rings. The van der Waals surface area contributed by atoms with E-state index in [1.165, 1.54) is 33.8 Å². The summed E-state index contributed by atoms with van der Waals surface area (Å²) in [5.41, 5.74) is 3.27. The summed E-state index contributed by atoms with van der Waals surface area (Å²) in [6.45, 7) is 0.510. The fraction of sp³-hybridized carbons (Fsp3) is 0.250. The van der Waals surface area contributed by atoms with Crippen molar-refractivity contribution in [3.8, 4) is 5.00 Å². The van der Waals surface area contributed by atoms with Crippen LogP contribution in [0.5, 0.6) is 0 Å². The van der Waals surface area contributed by atoms with Crippen molar-refractivity contribution < 1.29 is 4.79 Å². The maximum absolute atomic E-state index is 12.3. The van der Waals surface area contributed by atoms with E-state index in [4.69, 9.17) is 11.6 Å². The SMILES string of the molecule is O=C(NCc1c(-n2cccc2)sc2c1CCCC2)Nc1ccccc1Cl. The molecule has 2 amide bonds. The van der Waals surface area contributed by atoms with Crippen LogP contribution in [0.15, 0.2) is 48.8 Å². The van der Waals surface area contributed by atoms with Crippen molar-refractivity contribution in [1.82, 2.24) is 9.88 Å². The lowest BCUT2D eigenvalue weighted by Gasteiger charge is -2.14. The third kappa shape index (κ3) is 3.50. The van der Waals surface area contributed by atoms with Crippen LogP contribution in [0.25, 0.3) is 5.00 Å². The molecule has 6 heteroatoms. The van der Waals surface area contributed by atoms with Crippen molar-refractivity contribution in [1.29, 1.82) is 0 Å². The highest BCUT2D eigenvalue weighted by Gasteiger charge is 2.21. The maximum atomic E-state index is 12.3. The molecule has 134 valence electrons. The minimum absolute atomic E-state index is 0.243. The van der Waals surface area contributed by atoms with Gasteiger partial charge in [0.05, 0.1) is 10.7 Å². The van der Waals surface area contributed by atoms with Crippen LogP contribution >= 0.6 is 22.9 Å². The van der Waals surface area contributed by atoms with Gasteiger partial charge < -0.3 is 15.2 Å². The number of benzene rings is 1. The Hall–Kier alpha value is -2.24. The number of thiophene rings is 1. The molecule has 0 unspecified atom stereocenters. The van der Waals surface area contributed by atoms with Gasteiger partial charge in [0.25, 0.3) is 0 Å². The third-order valence-corrected chi connectivity index (χ3v) is 6.32. The molecule has 0 fully saturated rings. The van der Waals surface area contributed by atoms with Gasteiger partial charge in [0, 0.05) is 29.4 Å². The summed E-state index contributed by atoms with van der Waals surface area (Å²) in [4.78, 5) is 13.8. The second-order valence-electron chi connectivity index (χ2n) is 6.37. The topological polar surface area (TPSA) is 46.1 Å². The number of aromatic nitrogens is 1. The Kier molecular flexibility index (Phi) is 5.00. The van der Waals surface area contributed by atoms with Crippen molar-refractivity contribution in [2.24, 2.45) is 0 Å². The van der Waals surface area contributed by atoms with E-state index in [1.807, 2.05) is 35.6 Å². The minimum atomic E-state index is -0.243. The number of carbonyl (C=O) groups excluding carboxylic acids is 1. The third-order valence-electron chi connectivity index (χ3n) is 4.65. The number of anilines is 1. The first-order chi connectivity index (χ1) is 12.7. The lowest BCUT2D eigenvalue weighted by atomic mass is 9.95. The lowest BCUT2D eigenvalue weighted by Crippen LogP contribution is -2.29. The van der Waals surface area contributed by atoms with Crippen LogP contribution in [-0.2, 0) is 19.4 Å². The van der Waals surface area contributed by atoms with E-state index in [0.29, 0.717) is 17.3 Å². The van der Waals surface area contributed by atoms with Crippen LogP contribution in [0.1, 0.15) is 28.8 Å². The largest absolute Gasteiger partial charge is 0.334 e. The summed E-state index contributed by atoms with van der Waals surface area (Å²) in [5, 5.41) is 7.56. The van der Waals surface area contributed by atoms with E-state index >= 15 is 0 Å². The van der Waals surface area contributed by atoms with Crippen molar-refractivity contribution in [2.75, 3.05) is 5.32 Å². The zero-order chi connectivity index (χ0) is 17.9. The molecule has 1 aromatic carbocycles. The number of hydrogen-bond donors (Lipinski definition) is 2. The molecule has 26 heavy (non-hydrogen) atoms. The van der Waals surface area contributed by atoms with E-state index in [2.05, 4.69) is 27.6 Å². The van der Waals surface area contributed by atoms with Crippen LogP contribution in [0.4, 0.5) is 10.5 Å². The first kappa shape index (κ1) is 17.2. The monoisotopic (exact) mass is 385 g/mol. The van der Waals surface area contributed by atoms with E-state index in [-0.39, 0.29) is 6.03 Å². The highest BCUT2D eigenvalue weighted by Crippen LogP contribution is 2.36. The average Bonchev–Trinajstić information content (AvgIpc) is 3.29. The molecule has 2 heterocycles. The Morgan fingerprint density at radius 1 is 1.12 bits per heavy atom. The van der Waals surface area contributed by atoms with Crippen LogP contribution in [0.2, 0.25) is 5.02 Å². The first-order valence-corrected chi connectivity index (χ1v) is 9.98. The van der Waals surface area contributed by atoms with Gasteiger partial charge in [-0.2, -0.15) is 0 Å². The first-order valence-electron chi connectivity index (χ1n) is 8.78. The molecule has 2 aromatic heterocycles. The lowest BCUT2D eigenvalue weighted by molar-refractivity contribution is 0.251. The summed E-state index contributed by atoms with van der Waals surface area (Å²) in [7, 11) is 0. The number of urea groups is 1. The van der Waals surface area contributed by atoms with Crippen molar-refractivity contribution >= 4 is 34.7 Å². The molecule has 0 spiro atoms. The normalized spacial score (nSPS) is 13.3. The van der Waals surface area contributed by atoms with Crippen LogP contribution in [0, 0.1) is 0 Å². The zero-order valence-corrected chi connectivity index (χ0v) is 15.9. The Balaban J connectivity index is 1.53. The van der Waals surface area contributed by atoms with Crippen molar-refractivity contribution in [3.63, 3.8) is 0 Å². The minimum Gasteiger partial charge on any atom is -0.334 e. The summed E-state index contributed by atoms with van der Waals surface area (Å²) in [6, 6.07) is 11.1. The number of para-hydroxylation sites is 1. The van der Waals surface area contributed by atoms with Crippen LogP contribution in [0.3, 0.4) is 0 Å². The number of nitrogens with one attached hydrogen (secondary N) is 2. The molecule has 0 radical (unpaired) electrons. The summed E-state index contributed by atoms with van der Waals surface area (Å²) in [6.07, 6.45) is 8.82. The average molecular weight is 386 g/mol. The molecule has 4 rings (SSSR count). The Morgan fingerprint density at radius 3 is 2.69 bits per heavy atom. The standard InChI is InChI=1S/C20H20ClN3OS/c21-16-8-2-3-9-17(16)23-20(25)22-13-15-14-7-1-4-10-18(14)26-19(15)24-11-5-6-12-24/h2-3,5-6,8-9,11-12H,1,4,7,10,13H2,(H2,22,23,25). The van der Waals surface area contributed by atoms with E-state index < -0.39 is 0 Å². The number of nitrogens with zero attached hydrogens (tertiary/aromatic N) is 1. The number of rotatable bonds is 4. The summed E-state index contributed by atoms with van der Waals surface area (Å²) < 4.78 is 2.14. The molecule has 1 aliphatic rings. The van der Waals surface area contributed by atoms with Gasteiger partial charge in [-0.3, -0.25) is 0 Å². The second kappa shape index (κ2) is 7.56. The molecule has 0 atom stereocenters. The molecule has 4 nitrogen and oxygen atoms in total. The molecule has 0 saturated carbocycles. The number of carbonyl (C=O) groups is 1. The van der Waals surface area contributed by atoms with Gasteiger partial charge in [-0.05, 0) is 55.5 Å². The van der Waals surface area contributed by atoms with E-state index in [0.717, 1.165) is 12.8 Å². The van der Waals surface area contributed by atoms with Crippen molar-refractivity contribution in [3.05, 3.63) is 69.8 Å². The van der Waals surface area contributed by atoms with Gasteiger partial charge in [0.15, 0.2) is 0 Å². The Morgan fingerprint density at radius 2 is 1.88 bits per heavy atom. The highest BCUT2D eigenvalue weighted by atomic mass is 35.5. The summed E-state index contributed by atoms with van der Waals surface area (Å²) >= 11 is 7.96. The molecule has 1 aliphatic carbocycles. The van der Waals surface area contributed by atoms with E-state index in [9.17, 15) is 4.79 Å². The van der Waals surface area contributed by atoms with Gasteiger partial charge in [-0.15, -0.1) is 11.3 Å². The number of fused-ring (bicyclic) bond motifs is 1. The fourth-order valence-electron chi connectivity index (χ4n) is 3.38. The number of amides is 2. The van der Waals surface area contributed by atoms with Gasteiger partial charge in [-0.1, -0.05) is 23.7 Å². The van der Waals surface area contributed by atoms with Gasteiger partial charge >= 0.3 is 6.03 Å². The number of halogens is 1. The Bertz CT molecular complexity index is 917. The smallest absolute Gasteiger partial charge is 0.319 e. The van der Waals surface area contributed by atoms with Gasteiger partial charge in [0.1, 0.15) is 5.00 Å². The molecular weight excluding hydrogens is 366 g/mol. The predicted octanol–water partition coefficient (Wildman–Crippen LogP) is 5.39. The molecule has 2 N–H and O–H groups in total. The van der Waals surface area contributed by atoms with Crippen molar-refractivity contribution in [2.45, 2.75) is 32.2 Å². The molecule has 0 bridgehead atoms. The number of hydrogen-bond acceptors (Lipinski definition) is 2. The van der Waals surface area contributed by atoms with E-state index in [1.54, 1.807) is 12.1 Å². The summed E-state index contributed by atoms with van der Waals surface area (Å²) in [5.74, 6) is 0.